The van der Waals surface area contributed by atoms with E-state index in [9.17, 15) is 27.5 Å². The first kappa shape index (κ1) is 18.8. The fourth-order valence-electron chi connectivity index (χ4n) is 1.97. The van der Waals surface area contributed by atoms with E-state index in [-0.39, 0.29) is 13.0 Å². The lowest BCUT2D eigenvalue weighted by atomic mass is 10.1. The van der Waals surface area contributed by atoms with Crippen LogP contribution in [-0.2, 0) is 9.53 Å². The number of esters is 1. The summed E-state index contributed by atoms with van der Waals surface area (Å²) in [7, 11) is 0.910. The van der Waals surface area contributed by atoms with Crippen molar-refractivity contribution in [3.63, 3.8) is 0 Å². The monoisotopic (exact) mass is 361 g/mol. The van der Waals surface area contributed by atoms with Gasteiger partial charge in [-0.1, -0.05) is 0 Å². The molecule has 2 atom stereocenters. The van der Waals surface area contributed by atoms with Crippen molar-refractivity contribution in [2.75, 3.05) is 13.7 Å². The van der Waals surface area contributed by atoms with Crippen LogP contribution < -0.4 is 4.74 Å². The summed E-state index contributed by atoms with van der Waals surface area (Å²) >= 11 is 0. The SMILES string of the molecule is CCOC(=O)/C(C=N[C@@H]1C[C@@H]1F)=C(/O)c1cc(F)c(F)c(OC)c1F. The number of carbonyl (C=O) groups excluding carboxylic acids is 1. The molecule has 0 amide bonds. The van der Waals surface area contributed by atoms with Crippen LogP contribution in [0.2, 0.25) is 0 Å². The highest BCUT2D eigenvalue weighted by molar-refractivity contribution is 6.15. The molecule has 0 radical (unpaired) electrons. The lowest BCUT2D eigenvalue weighted by Crippen LogP contribution is -2.13. The number of halogens is 4. The zero-order valence-electron chi connectivity index (χ0n) is 13.4. The van der Waals surface area contributed by atoms with Crippen LogP contribution in [0.3, 0.4) is 0 Å². The van der Waals surface area contributed by atoms with Crippen LogP contribution in [-0.4, -0.2) is 43.2 Å². The molecule has 0 aromatic heterocycles. The smallest absolute Gasteiger partial charge is 0.343 e. The molecule has 1 saturated carbocycles. The van der Waals surface area contributed by atoms with Gasteiger partial charge in [0.1, 0.15) is 17.5 Å². The summed E-state index contributed by atoms with van der Waals surface area (Å²) in [4.78, 5) is 15.7. The Balaban J connectivity index is 2.55. The Morgan fingerprint density at radius 1 is 1.40 bits per heavy atom. The number of aliphatic hydroxyl groups excluding tert-OH is 1. The number of aliphatic hydroxyl groups is 1. The van der Waals surface area contributed by atoms with Crippen LogP contribution in [0.25, 0.3) is 5.76 Å². The fraction of sp³-hybridized carbons (Fsp3) is 0.375. The van der Waals surface area contributed by atoms with E-state index < -0.39 is 58.3 Å². The summed E-state index contributed by atoms with van der Waals surface area (Å²) in [6.07, 6.45) is -0.187. The van der Waals surface area contributed by atoms with Gasteiger partial charge in [0.15, 0.2) is 17.4 Å². The van der Waals surface area contributed by atoms with Gasteiger partial charge in [-0.25, -0.2) is 18.0 Å². The van der Waals surface area contributed by atoms with Gasteiger partial charge in [-0.3, -0.25) is 4.99 Å². The zero-order valence-corrected chi connectivity index (χ0v) is 13.4. The molecule has 136 valence electrons. The molecule has 1 aliphatic rings. The van der Waals surface area contributed by atoms with E-state index in [1.165, 1.54) is 6.92 Å². The van der Waals surface area contributed by atoms with Crippen molar-refractivity contribution in [1.82, 2.24) is 0 Å². The van der Waals surface area contributed by atoms with E-state index in [4.69, 9.17) is 4.74 Å². The molecule has 1 fully saturated rings. The summed E-state index contributed by atoms with van der Waals surface area (Å²) in [5, 5.41) is 10.2. The first-order valence-corrected chi connectivity index (χ1v) is 7.31. The van der Waals surface area contributed by atoms with Crippen LogP contribution in [0, 0.1) is 17.5 Å². The number of alkyl halides is 1. The van der Waals surface area contributed by atoms with Crippen molar-refractivity contribution < 1.29 is 36.9 Å². The molecule has 1 aliphatic carbocycles. The molecule has 0 heterocycles. The van der Waals surface area contributed by atoms with E-state index in [2.05, 4.69) is 9.73 Å². The van der Waals surface area contributed by atoms with Gasteiger partial charge in [-0.15, -0.1) is 0 Å². The minimum Gasteiger partial charge on any atom is -0.506 e. The summed E-state index contributed by atoms with van der Waals surface area (Å²) in [6.45, 7) is 1.42. The summed E-state index contributed by atoms with van der Waals surface area (Å²) in [5.74, 6) is -7.67. The molecule has 0 saturated heterocycles. The van der Waals surface area contributed by atoms with Crippen molar-refractivity contribution >= 4 is 17.9 Å². The van der Waals surface area contributed by atoms with Crippen LogP contribution >= 0.6 is 0 Å². The van der Waals surface area contributed by atoms with Gasteiger partial charge in [0.25, 0.3) is 0 Å². The van der Waals surface area contributed by atoms with Gasteiger partial charge >= 0.3 is 5.97 Å². The van der Waals surface area contributed by atoms with E-state index in [1.807, 2.05) is 0 Å². The van der Waals surface area contributed by atoms with Crippen molar-refractivity contribution in [3.8, 4) is 5.75 Å². The van der Waals surface area contributed by atoms with Crippen molar-refractivity contribution in [2.45, 2.75) is 25.6 Å². The molecule has 0 unspecified atom stereocenters. The van der Waals surface area contributed by atoms with E-state index in [1.54, 1.807) is 0 Å². The number of nitrogens with zero attached hydrogens (tertiary/aromatic N) is 1. The lowest BCUT2D eigenvalue weighted by molar-refractivity contribution is -0.137. The number of aliphatic imine (C=N–C) groups is 1. The third kappa shape index (κ3) is 3.92. The van der Waals surface area contributed by atoms with Crippen molar-refractivity contribution in [1.29, 1.82) is 0 Å². The predicted molar refractivity (Wildman–Crippen MR) is 80.8 cm³/mol. The summed E-state index contributed by atoms with van der Waals surface area (Å²) in [6, 6.07) is -0.313. The molecule has 5 nitrogen and oxygen atoms in total. The second-order valence-electron chi connectivity index (χ2n) is 5.15. The first-order chi connectivity index (χ1) is 11.8. The van der Waals surface area contributed by atoms with Gasteiger partial charge in [-0.2, -0.15) is 4.39 Å². The highest BCUT2D eigenvalue weighted by atomic mass is 19.2. The minimum absolute atomic E-state index is 0.0673. The normalized spacial score (nSPS) is 20.4. The third-order valence-corrected chi connectivity index (χ3v) is 3.40. The number of carbonyl (C=O) groups is 1. The number of hydrogen-bond acceptors (Lipinski definition) is 5. The Hall–Kier alpha value is -2.58. The predicted octanol–water partition coefficient (Wildman–Crippen LogP) is 3.13. The Kier molecular flexibility index (Phi) is 5.66. The van der Waals surface area contributed by atoms with Crippen molar-refractivity contribution in [3.05, 3.63) is 34.7 Å². The Labute approximate surface area is 140 Å². The largest absolute Gasteiger partial charge is 0.506 e. The van der Waals surface area contributed by atoms with Gasteiger partial charge in [-0.05, 0) is 13.0 Å². The number of hydrogen-bond donors (Lipinski definition) is 1. The molecule has 0 spiro atoms. The lowest BCUT2D eigenvalue weighted by Gasteiger charge is -2.11. The average molecular weight is 361 g/mol. The maximum absolute atomic E-state index is 14.3. The highest BCUT2D eigenvalue weighted by Gasteiger charge is 2.37. The Morgan fingerprint density at radius 2 is 2.04 bits per heavy atom. The maximum atomic E-state index is 14.3. The molecule has 1 N–H and O–H groups in total. The number of methoxy groups -OCH3 is 1. The standard InChI is InChI=1S/C16H15F4NO4/c1-3-25-16(23)8(6-21-11-5-9(11)17)14(22)7-4-10(18)13(20)15(24-2)12(7)19/h4,6,9,11,22H,3,5H2,1-2H3/b14-8+,21-6?/t9-,11+/m0/s1. The number of rotatable bonds is 6. The Bertz CT molecular complexity index is 748. The maximum Gasteiger partial charge on any atom is 0.343 e. The average Bonchev–Trinajstić information content (AvgIpc) is 3.27. The van der Waals surface area contributed by atoms with E-state index >= 15 is 0 Å². The first-order valence-electron chi connectivity index (χ1n) is 7.31. The molecule has 2 rings (SSSR count). The van der Waals surface area contributed by atoms with E-state index in [0.717, 1.165) is 13.3 Å². The number of benzene rings is 1. The second-order valence-corrected chi connectivity index (χ2v) is 5.15. The summed E-state index contributed by atoms with van der Waals surface area (Å²) < 4.78 is 63.4. The molecule has 1 aromatic carbocycles. The van der Waals surface area contributed by atoms with E-state index in [0.29, 0.717) is 6.07 Å². The number of ether oxygens (including phenoxy) is 2. The molecule has 25 heavy (non-hydrogen) atoms. The molecule has 0 bridgehead atoms. The van der Waals surface area contributed by atoms with Crippen molar-refractivity contribution in [2.24, 2.45) is 4.99 Å². The quantitative estimate of drug-likeness (QED) is 0.211. The molecule has 0 aliphatic heterocycles. The summed E-state index contributed by atoms with van der Waals surface area (Å²) in [5.41, 5.74) is -1.44. The second kappa shape index (κ2) is 7.54. The highest BCUT2D eigenvalue weighted by Crippen LogP contribution is 2.32. The molecular formula is C16H15F4NO4. The van der Waals surface area contributed by atoms with Gasteiger partial charge in [0.2, 0.25) is 5.82 Å². The van der Waals surface area contributed by atoms with Gasteiger partial charge in [0, 0.05) is 12.6 Å². The van der Waals surface area contributed by atoms with Crippen LogP contribution in [0.4, 0.5) is 17.6 Å². The van der Waals surface area contributed by atoms with Gasteiger partial charge < -0.3 is 14.6 Å². The zero-order chi connectivity index (χ0) is 18.7. The van der Waals surface area contributed by atoms with Gasteiger partial charge in [0.05, 0.1) is 25.3 Å². The van der Waals surface area contributed by atoms with Crippen LogP contribution in [0.15, 0.2) is 16.6 Å². The topological polar surface area (TPSA) is 68.1 Å². The minimum atomic E-state index is -1.58. The fourth-order valence-corrected chi connectivity index (χ4v) is 1.97. The molecular weight excluding hydrogens is 346 g/mol. The van der Waals surface area contributed by atoms with Crippen LogP contribution in [0.1, 0.15) is 18.9 Å². The Morgan fingerprint density at radius 3 is 2.56 bits per heavy atom. The third-order valence-electron chi connectivity index (χ3n) is 3.40. The van der Waals surface area contributed by atoms with Crippen LogP contribution in [0.5, 0.6) is 5.75 Å². The molecule has 1 aromatic rings. The molecule has 9 heteroatoms.